The molecule has 1 aliphatic heterocycles. The molecule has 32 heavy (non-hydrogen) atoms. The maximum Gasteiger partial charge on any atom is 0.419 e. The number of nitriles is 1. The van der Waals surface area contributed by atoms with Crippen LogP contribution in [0.2, 0.25) is 0 Å². The molecule has 1 saturated heterocycles. The van der Waals surface area contributed by atoms with Crippen LogP contribution in [0, 0.1) is 11.3 Å². The Morgan fingerprint density at radius 1 is 1.31 bits per heavy atom. The Bertz CT molecular complexity index is 1240. The third-order valence-electron chi connectivity index (χ3n) is 6.25. The minimum atomic E-state index is -0.568. The molecule has 1 fully saturated rings. The molecule has 2 heterocycles. The van der Waals surface area contributed by atoms with Gasteiger partial charge in [-0.25, -0.2) is 4.79 Å². The van der Waals surface area contributed by atoms with Gasteiger partial charge in [-0.15, -0.1) is 0 Å². The number of carbonyl (C=O) groups is 1. The standard InChI is InChI=1S/C24H26N4O4/c1-26-23(30)22(17-6-7-21-20(11-17)27(2)24(31)32-21)19(14-28-9-8-18(29)13-28)16-5-3-4-15(10-16)12-25/h3-7,10-11,18-19,22,29H,8-9,13-14H2,1-2H3,(H,26,30)/t18-,19+,22?/m0/s1. The number of aromatic nitrogens is 1. The first-order chi connectivity index (χ1) is 15.4. The molecule has 0 radical (unpaired) electrons. The molecule has 1 aliphatic rings. The molecule has 0 aliphatic carbocycles. The van der Waals surface area contributed by atoms with Gasteiger partial charge in [0.25, 0.3) is 0 Å². The van der Waals surface area contributed by atoms with E-state index in [0.29, 0.717) is 36.2 Å². The van der Waals surface area contributed by atoms with Crippen LogP contribution in [0.4, 0.5) is 0 Å². The number of fused-ring (bicyclic) bond motifs is 1. The van der Waals surface area contributed by atoms with Gasteiger partial charge in [0.1, 0.15) is 0 Å². The number of aryl methyl sites for hydroxylation is 1. The fraction of sp³-hybridized carbons (Fsp3) is 0.375. The highest BCUT2D eigenvalue weighted by molar-refractivity contribution is 5.86. The molecule has 0 bridgehead atoms. The van der Waals surface area contributed by atoms with Crippen molar-refractivity contribution in [1.82, 2.24) is 14.8 Å². The number of aliphatic hydroxyl groups is 1. The number of benzene rings is 2. The summed E-state index contributed by atoms with van der Waals surface area (Å²) >= 11 is 0. The van der Waals surface area contributed by atoms with E-state index in [2.05, 4.69) is 16.3 Å². The highest BCUT2D eigenvalue weighted by Gasteiger charge is 2.34. The number of β-amino-alcohol motifs (C(OH)–C–C–N with tert-alkyl or cyclic N) is 1. The molecule has 1 unspecified atom stereocenters. The number of aliphatic hydroxyl groups excluding tert-OH is 1. The number of nitrogens with one attached hydrogen (secondary N) is 1. The number of amides is 1. The summed E-state index contributed by atoms with van der Waals surface area (Å²) in [6.07, 6.45) is 0.315. The summed E-state index contributed by atoms with van der Waals surface area (Å²) in [4.78, 5) is 27.3. The van der Waals surface area contributed by atoms with Crippen molar-refractivity contribution in [2.24, 2.45) is 7.05 Å². The van der Waals surface area contributed by atoms with E-state index >= 15 is 0 Å². The van der Waals surface area contributed by atoms with Gasteiger partial charge in [-0.05, 0) is 41.8 Å². The third kappa shape index (κ3) is 4.17. The quantitative estimate of drug-likeness (QED) is 0.611. The van der Waals surface area contributed by atoms with Crippen molar-refractivity contribution in [2.75, 3.05) is 26.7 Å². The van der Waals surface area contributed by atoms with Crippen LogP contribution in [-0.4, -0.2) is 53.3 Å². The SMILES string of the molecule is CNC(=O)C(c1ccc2oc(=O)n(C)c2c1)[C@H](CN1CC[C@H](O)C1)c1cccc(C#N)c1. The predicted molar refractivity (Wildman–Crippen MR) is 119 cm³/mol. The number of hydrogen-bond acceptors (Lipinski definition) is 6. The second-order valence-electron chi connectivity index (χ2n) is 8.29. The smallest absolute Gasteiger partial charge is 0.408 e. The number of hydrogen-bond donors (Lipinski definition) is 2. The van der Waals surface area contributed by atoms with Crippen LogP contribution >= 0.6 is 0 Å². The molecule has 0 spiro atoms. The zero-order valence-electron chi connectivity index (χ0n) is 18.1. The number of oxazole rings is 1. The Balaban J connectivity index is 1.83. The fourth-order valence-electron chi connectivity index (χ4n) is 4.56. The third-order valence-corrected chi connectivity index (χ3v) is 6.25. The molecule has 8 nitrogen and oxygen atoms in total. The molecule has 0 saturated carbocycles. The van der Waals surface area contributed by atoms with Crippen LogP contribution in [0.25, 0.3) is 11.1 Å². The normalized spacial score (nSPS) is 18.4. The topological polar surface area (TPSA) is 112 Å². The van der Waals surface area contributed by atoms with E-state index in [1.54, 1.807) is 26.2 Å². The van der Waals surface area contributed by atoms with Gasteiger partial charge in [0.05, 0.1) is 29.2 Å². The number of likely N-dealkylation sites (tertiary alicyclic amines) is 1. The van der Waals surface area contributed by atoms with E-state index in [-0.39, 0.29) is 17.9 Å². The van der Waals surface area contributed by atoms with Gasteiger partial charge in [-0.3, -0.25) is 9.36 Å². The van der Waals surface area contributed by atoms with Crippen LogP contribution < -0.4 is 11.1 Å². The molecule has 3 aromatic rings. The first-order valence-electron chi connectivity index (χ1n) is 10.6. The van der Waals surface area contributed by atoms with E-state index in [4.69, 9.17) is 4.42 Å². The Labute approximate surface area is 185 Å². The second-order valence-corrected chi connectivity index (χ2v) is 8.29. The number of likely N-dealkylation sites (N-methyl/N-ethyl adjacent to an activating group) is 1. The molecule has 2 N–H and O–H groups in total. The Morgan fingerprint density at radius 3 is 2.81 bits per heavy atom. The van der Waals surface area contributed by atoms with Crippen molar-refractivity contribution in [3.8, 4) is 6.07 Å². The Morgan fingerprint density at radius 2 is 2.12 bits per heavy atom. The van der Waals surface area contributed by atoms with E-state index in [1.807, 2.05) is 30.3 Å². The molecule has 1 amide bonds. The van der Waals surface area contributed by atoms with Crippen molar-refractivity contribution >= 4 is 17.0 Å². The van der Waals surface area contributed by atoms with E-state index in [9.17, 15) is 20.0 Å². The highest BCUT2D eigenvalue weighted by atomic mass is 16.4. The van der Waals surface area contributed by atoms with Gasteiger partial charge in [-0.1, -0.05) is 18.2 Å². The lowest BCUT2D eigenvalue weighted by Crippen LogP contribution is -2.36. The molecule has 4 rings (SSSR count). The molecular weight excluding hydrogens is 408 g/mol. The van der Waals surface area contributed by atoms with Gasteiger partial charge in [0.15, 0.2) is 5.58 Å². The van der Waals surface area contributed by atoms with Crippen LogP contribution in [0.5, 0.6) is 0 Å². The molecule has 8 heteroatoms. The Hall–Kier alpha value is -3.41. The maximum atomic E-state index is 13.2. The maximum absolute atomic E-state index is 13.2. The molecule has 1 aromatic heterocycles. The molecule has 2 aromatic carbocycles. The largest absolute Gasteiger partial charge is 0.419 e. The monoisotopic (exact) mass is 434 g/mol. The van der Waals surface area contributed by atoms with Crippen molar-refractivity contribution in [3.05, 3.63) is 69.7 Å². The van der Waals surface area contributed by atoms with E-state index in [1.165, 1.54) is 4.57 Å². The first-order valence-corrected chi connectivity index (χ1v) is 10.6. The predicted octanol–water partition coefficient (Wildman–Crippen LogP) is 1.68. The van der Waals surface area contributed by atoms with Crippen molar-refractivity contribution < 1.29 is 14.3 Å². The number of rotatable bonds is 6. The van der Waals surface area contributed by atoms with Crippen molar-refractivity contribution in [1.29, 1.82) is 5.26 Å². The summed E-state index contributed by atoms with van der Waals surface area (Å²) < 4.78 is 6.67. The van der Waals surface area contributed by atoms with Gasteiger partial charge < -0.3 is 19.7 Å². The van der Waals surface area contributed by atoms with Gasteiger partial charge in [0, 0.05) is 39.6 Å². The van der Waals surface area contributed by atoms with E-state index in [0.717, 1.165) is 17.7 Å². The zero-order valence-corrected chi connectivity index (χ0v) is 18.1. The van der Waals surface area contributed by atoms with E-state index < -0.39 is 11.7 Å². The lowest BCUT2D eigenvalue weighted by Gasteiger charge is -2.30. The fourth-order valence-corrected chi connectivity index (χ4v) is 4.56. The van der Waals surface area contributed by atoms with Crippen LogP contribution in [0.15, 0.2) is 51.7 Å². The lowest BCUT2D eigenvalue weighted by atomic mass is 9.79. The van der Waals surface area contributed by atoms with Gasteiger partial charge in [-0.2, -0.15) is 5.26 Å². The van der Waals surface area contributed by atoms with Gasteiger partial charge in [0.2, 0.25) is 5.91 Å². The van der Waals surface area contributed by atoms with Gasteiger partial charge >= 0.3 is 5.76 Å². The Kier molecular flexibility index (Phi) is 6.12. The summed E-state index contributed by atoms with van der Waals surface area (Å²) in [5.41, 5.74) is 3.22. The zero-order chi connectivity index (χ0) is 22.8. The summed E-state index contributed by atoms with van der Waals surface area (Å²) in [7, 11) is 3.23. The number of nitrogens with zero attached hydrogens (tertiary/aromatic N) is 3. The summed E-state index contributed by atoms with van der Waals surface area (Å²) in [5.74, 6) is -1.46. The average molecular weight is 434 g/mol. The summed E-state index contributed by atoms with van der Waals surface area (Å²) in [5, 5.41) is 22.2. The van der Waals surface area contributed by atoms with Crippen LogP contribution in [0.3, 0.4) is 0 Å². The average Bonchev–Trinajstić information content (AvgIpc) is 3.35. The van der Waals surface area contributed by atoms with Crippen LogP contribution in [0.1, 0.15) is 34.9 Å². The minimum absolute atomic E-state index is 0.162. The molecule has 3 atom stereocenters. The highest BCUT2D eigenvalue weighted by Crippen LogP contribution is 2.36. The first kappa shape index (κ1) is 21.8. The van der Waals surface area contributed by atoms with Crippen molar-refractivity contribution in [2.45, 2.75) is 24.4 Å². The second kappa shape index (κ2) is 8.99. The van der Waals surface area contributed by atoms with Crippen LogP contribution in [-0.2, 0) is 11.8 Å². The summed E-state index contributed by atoms with van der Waals surface area (Å²) in [6, 6.07) is 14.8. The summed E-state index contributed by atoms with van der Waals surface area (Å²) in [6.45, 7) is 1.84. The molecular formula is C24H26N4O4. The minimum Gasteiger partial charge on any atom is -0.408 e. The number of carbonyl (C=O) groups excluding carboxylic acids is 1. The lowest BCUT2D eigenvalue weighted by molar-refractivity contribution is -0.122. The molecule has 166 valence electrons. The van der Waals surface area contributed by atoms with Crippen molar-refractivity contribution in [3.63, 3.8) is 0 Å².